The van der Waals surface area contributed by atoms with Gasteiger partial charge >= 0.3 is 0 Å². The van der Waals surface area contributed by atoms with E-state index in [1.807, 2.05) is 13.0 Å². The van der Waals surface area contributed by atoms with E-state index in [2.05, 4.69) is 44.3 Å². The van der Waals surface area contributed by atoms with E-state index in [9.17, 15) is 4.79 Å². The Balaban J connectivity index is 3.11. The molecule has 0 amide bonds. The molecule has 1 unspecified atom stereocenters. The first-order chi connectivity index (χ1) is 8.36. The molecule has 18 heavy (non-hydrogen) atoms. The van der Waals surface area contributed by atoms with Crippen LogP contribution >= 0.6 is 0 Å². The maximum absolute atomic E-state index is 11.0. The van der Waals surface area contributed by atoms with Gasteiger partial charge in [-0.1, -0.05) is 13.8 Å². The quantitative estimate of drug-likeness (QED) is 0.725. The number of aldehydes is 1. The molecule has 1 aromatic rings. The van der Waals surface area contributed by atoms with Crippen molar-refractivity contribution in [1.82, 2.24) is 9.47 Å². The van der Waals surface area contributed by atoms with Gasteiger partial charge in [0.25, 0.3) is 0 Å². The highest BCUT2D eigenvalue weighted by molar-refractivity contribution is 5.77. The van der Waals surface area contributed by atoms with Crippen LogP contribution in [0, 0.1) is 19.8 Å². The Hall–Kier alpha value is -1.09. The number of carbonyl (C=O) groups excluding carboxylic acids is 1. The van der Waals surface area contributed by atoms with Crippen molar-refractivity contribution in [2.24, 2.45) is 5.92 Å². The van der Waals surface area contributed by atoms with E-state index in [-0.39, 0.29) is 0 Å². The second-order valence-electron chi connectivity index (χ2n) is 5.86. The summed E-state index contributed by atoms with van der Waals surface area (Å²) in [5.41, 5.74) is 3.09. The predicted molar refractivity (Wildman–Crippen MR) is 76.3 cm³/mol. The Morgan fingerprint density at radius 2 is 1.94 bits per heavy atom. The Kier molecular flexibility index (Phi) is 5.15. The molecule has 102 valence electrons. The van der Waals surface area contributed by atoms with Crippen molar-refractivity contribution in [3.8, 4) is 0 Å². The third-order valence-corrected chi connectivity index (χ3v) is 3.33. The summed E-state index contributed by atoms with van der Waals surface area (Å²) in [7, 11) is 4.20. The minimum Gasteiger partial charge on any atom is -0.344 e. The van der Waals surface area contributed by atoms with E-state index in [0.29, 0.717) is 12.0 Å². The smallest absolute Gasteiger partial charge is 0.151 e. The first-order valence-corrected chi connectivity index (χ1v) is 6.65. The second kappa shape index (κ2) is 6.19. The summed E-state index contributed by atoms with van der Waals surface area (Å²) in [6, 6.07) is 2.43. The fourth-order valence-electron chi connectivity index (χ4n) is 2.71. The van der Waals surface area contributed by atoms with Crippen LogP contribution in [0.3, 0.4) is 0 Å². The highest BCUT2D eigenvalue weighted by Gasteiger charge is 2.19. The molecule has 1 atom stereocenters. The molecule has 0 spiro atoms. The van der Waals surface area contributed by atoms with Crippen LogP contribution in [0.1, 0.15) is 48.1 Å². The Morgan fingerprint density at radius 1 is 1.33 bits per heavy atom. The monoisotopic (exact) mass is 250 g/mol. The molecule has 0 saturated heterocycles. The topological polar surface area (TPSA) is 25.2 Å². The number of carbonyl (C=O) groups is 1. The van der Waals surface area contributed by atoms with Crippen LogP contribution in [0.4, 0.5) is 0 Å². The largest absolute Gasteiger partial charge is 0.344 e. The number of likely N-dealkylation sites (N-methyl/N-ethyl adjacent to an activating group) is 1. The molecule has 1 aromatic heterocycles. The summed E-state index contributed by atoms with van der Waals surface area (Å²) in [5, 5.41) is 0. The normalized spacial score (nSPS) is 13.3. The Labute approximate surface area is 111 Å². The van der Waals surface area contributed by atoms with Crippen molar-refractivity contribution in [3.63, 3.8) is 0 Å². The molecule has 3 nitrogen and oxygen atoms in total. The molecular weight excluding hydrogens is 224 g/mol. The average molecular weight is 250 g/mol. The van der Waals surface area contributed by atoms with Crippen molar-refractivity contribution in [1.29, 1.82) is 0 Å². The van der Waals surface area contributed by atoms with E-state index < -0.39 is 0 Å². The lowest BCUT2D eigenvalue weighted by Gasteiger charge is -2.27. The lowest BCUT2D eigenvalue weighted by molar-refractivity contribution is 0.112. The standard InChI is InChI=1S/C15H26N2O/c1-11(2)7-15(9-16(5)6)17-12(3)8-14(10-18)13(17)4/h8,10-11,15H,7,9H2,1-6H3. The van der Waals surface area contributed by atoms with Gasteiger partial charge in [0.15, 0.2) is 6.29 Å². The van der Waals surface area contributed by atoms with Gasteiger partial charge in [-0.25, -0.2) is 0 Å². The van der Waals surface area contributed by atoms with Crippen LogP contribution < -0.4 is 0 Å². The fraction of sp³-hybridized carbons (Fsp3) is 0.667. The van der Waals surface area contributed by atoms with Crippen molar-refractivity contribution in [2.75, 3.05) is 20.6 Å². The third kappa shape index (κ3) is 3.45. The van der Waals surface area contributed by atoms with Gasteiger partial charge in [0.05, 0.1) is 0 Å². The summed E-state index contributed by atoms with van der Waals surface area (Å²) >= 11 is 0. The van der Waals surface area contributed by atoms with Crippen LogP contribution in [0.25, 0.3) is 0 Å². The van der Waals surface area contributed by atoms with Crippen molar-refractivity contribution < 1.29 is 4.79 Å². The highest BCUT2D eigenvalue weighted by atomic mass is 16.1. The molecule has 1 heterocycles. The summed E-state index contributed by atoms with van der Waals surface area (Å²) < 4.78 is 2.32. The fourth-order valence-corrected chi connectivity index (χ4v) is 2.71. The molecule has 0 bridgehead atoms. The molecular formula is C15H26N2O. The van der Waals surface area contributed by atoms with Crippen LogP contribution in [0.15, 0.2) is 6.07 Å². The number of nitrogens with zero attached hydrogens (tertiary/aromatic N) is 2. The molecule has 0 aliphatic carbocycles. The van der Waals surface area contributed by atoms with Gasteiger partial charge in [0.2, 0.25) is 0 Å². The lowest BCUT2D eigenvalue weighted by atomic mass is 10.0. The molecule has 0 fully saturated rings. The lowest BCUT2D eigenvalue weighted by Crippen LogP contribution is -2.27. The predicted octanol–water partition coefficient (Wildman–Crippen LogP) is 3.07. The zero-order valence-electron chi connectivity index (χ0n) is 12.5. The first kappa shape index (κ1) is 15.0. The molecule has 0 N–H and O–H groups in total. The van der Waals surface area contributed by atoms with E-state index in [1.54, 1.807) is 0 Å². The Morgan fingerprint density at radius 3 is 2.33 bits per heavy atom. The van der Waals surface area contributed by atoms with Crippen LogP contribution in [-0.4, -0.2) is 36.4 Å². The van der Waals surface area contributed by atoms with E-state index in [1.165, 1.54) is 5.69 Å². The van der Waals surface area contributed by atoms with Crippen molar-refractivity contribution in [3.05, 3.63) is 23.0 Å². The maximum Gasteiger partial charge on any atom is 0.151 e. The third-order valence-electron chi connectivity index (χ3n) is 3.33. The van der Waals surface area contributed by atoms with Crippen LogP contribution in [-0.2, 0) is 0 Å². The van der Waals surface area contributed by atoms with E-state index >= 15 is 0 Å². The highest BCUT2D eigenvalue weighted by Crippen LogP contribution is 2.25. The number of aryl methyl sites for hydroxylation is 1. The van der Waals surface area contributed by atoms with Crippen molar-refractivity contribution >= 4 is 6.29 Å². The average Bonchev–Trinajstić information content (AvgIpc) is 2.51. The summed E-state index contributed by atoms with van der Waals surface area (Å²) in [6.45, 7) is 9.63. The van der Waals surface area contributed by atoms with E-state index in [0.717, 1.165) is 30.5 Å². The molecule has 0 radical (unpaired) electrons. The maximum atomic E-state index is 11.0. The molecule has 0 aliphatic rings. The van der Waals surface area contributed by atoms with Gasteiger partial charge in [-0.15, -0.1) is 0 Å². The molecule has 3 heteroatoms. The summed E-state index contributed by atoms with van der Waals surface area (Å²) in [5.74, 6) is 0.649. The van der Waals surface area contributed by atoms with Gasteiger partial charge in [-0.3, -0.25) is 4.79 Å². The molecule has 0 saturated carbocycles. The van der Waals surface area contributed by atoms with Crippen molar-refractivity contribution in [2.45, 2.75) is 40.2 Å². The van der Waals surface area contributed by atoms with Crippen LogP contribution in [0.2, 0.25) is 0 Å². The second-order valence-corrected chi connectivity index (χ2v) is 5.86. The van der Waals surface area contributed by atoms with Gasteiger partial charge < -0.3 is 9.47 Å². The zero-order valence-corrected chi connectivity index (χ0v) is 12.5. The number of hydrogen-bond acceptors (Lipinski definition) is 2. The molecule has 0 aliphatic heterocycles. The summed E-state index contributed by atoms with van der Waals surface area (Å²) in [4.78, 5) is 13.3. The number of aromatic nitrogens is 1. The number of rotatable bonds is 6. The van der Waals surface area contributed by atoms with Gasteiger partial charge in [0, 0.05) is 29.5 Å². The molecule has 1 rings (SSSR count). The van der Waals surface area contributed by atoms with Gasteiger partial charge in [-0.2, -0.15) is 0 Å². The minimum absolute atomic E-state index is 0.439. The number of hydrogen-bond donors (Lipinski definition) is 0. The summed E-state index contributed by atoms with van der Waals surface area (Å²) in [6.07, 6.45) is 2.09. The first-order valence-electron chi connectivity index (χ1n) is 6.65. The Bertz CT molecular complexity index is 395. The van der Waals surface area contributed by atoms with Crippen LogP contribution in [0.5, 0.6) is 0 Å². The van der Waals surface area contributed by atoms with Gasteiger partial charge in [-0.05, 0) is 46.3 Å². The minimum atomic E-state index is 0.439. The SMILES string of the molecule is Cc1cc(C=O)c(C)n1C(CC(C)C)CN(C)C. The van der Waals surface area contributed by atoms with Gasteiger partial charge in [0.1, 0.15) is 0 Å². The zero-order chi connectivity index (χ0) is 13.9. The molecule has 0 aromatic carbocycles. The van der Waals surface area contributed by atoms with E-state index in [4.69, 9.17) is 0 Å².